The number of hydrogen-bond acceptors (Lipinski definition) is 4. The summed E-state index contributed by atoms with van der Waals surface area (Å²) < 4.78 is 18.4. The molecule has 0 bridgehead atoms. The van der Waals surface area contributed by atoms with Crippen LogP contribution in [0.5, 0.6) is 0 Å². The van der Waals surface area contributed by atoms with Crippen molar-refractivity contribution in [2.24, 2.45) is 0 Å². The van der Waals surface area contributed by atoms with E-state index < -0.39 is 16.9 Å². The molecule has 6 heteroatoms. The highest BCUT2D eigenvalue weighted by Crippen LogP contribution is 2.35. The van der Waals surface area contributed by atoms with Gasteiger partial charge in [-0.05, 0) is 32.6 Å². The van der Waals surface area contributed by atoms with E-state index >= 15 is 0 Å². The molecule has 1 unspecified atom stereocenters. The van der Waals surface area contributed by atoms with Crippen molar-refractivity contribution in [2.45, 2.75) is 77.0 Å². The fraction of sp³-hybridized carbons (Fsp3) is 0.882. The van der Waals surface area contributed by atoms with E-state index in [1.807, 2.05) is 26.2 Å². The number of rotatable bonds is 15. The Morgan fingerprint density at radius 3 is 1.61 bits per heavy atom. The minimum Gasteiger partial charge on any atom is -0.373 e. The van der Waals surface area contributed by atoms with Gasteiger partial charge >= 0.3 is 8.80 Å². The van der Waals surface area contributed by atoms with Gasteiger partial charge in [0.15, 0.2) is 0 Å². The molecule has 0 aromatic rings. The third-order valence-corrected chi connectivity index (χ3v) is 15.9. The summed E-state index contributed by atoms with van der Waals surface area (Å²) in [4.78, 5) is 0.261. The van der Waals surface area contributed by atoms with Gasteiger partial charge in [0.1, 0.15) is 0 Å². The SMILES string of the molecule is C=CSC(CC[Si](CC)(CC)CC)[Si](OCC)(OCC)OCC. The van der Waals surface area contributed by atoms with Crippen molar-refractivity contribution in [3.05, 3.63) is 12.0 Å². The van der Waals surface area contributed by atoms with E-state index in [0.29, 0.717) is 19.8 Å². The third-order valence-electron chi connectivity index (χ3n) is 4.88. The van der Waals surface area contributed by atoms with Crippen molar-refractivity contribution < 1.29 is 13.3 Å². The van der Waals surface area contributed by atoms with Crippen molar-refractivity contribution >= 4 is 28.6 Å². The topological polar surface area (TPSA) is 27.7 Å². The summed E-state index contributed by atoms with van der Waals surface area (Å²) in [7, 11) is -3.82. The van der Waals surface area contributed by atoms with Gasteiger partial charge in [0, 0.05) is 19.8 Å². The van der Waals surface area contributed by atoms with Gasteiger partial charge < -0.3 is 13.3 Å². The highest BCUT2D eigenvalue weighted by molar-refractivity contribution is 8.04. The quantitative estimate of drug-likeness (QED) is 0.341. The standard InChI is InChI=1S/C17H38O3SSi2/c1-8-18-23(19-9-2,20-10-3)17(21-11-4)15-16-22(12-5,13-6)14-7/h11,17H,4,8-10,12-16H2,1-3,5-7H3. The van der Waals surface area contributed by atoms with Crippen LogP contribution in [0.15, 0.2) is 12.0 Å². The summed E-state index contributed by atoms with van der Waals surface area (Å²) in [6.45, 7) is 19.0. The van der Waals surface area contributed by atoms with Crippen LogP contribution in [0, 0.1) is 0 Å². The molecule has 0 N–H and O–H groups in total. The van der Waals surface area contributed by atoms with E-state index in [9.17, 15) is 0 Å². The van der Waals surface area contributed by atoms with E-state index in [1.54, 1.807) is 11.8 Å². The number of thioether (sulfide) groups is 1. The molecular weight excluding hydrogens is 340 g/mol. The summed E-state index contributed by atoms with van der Waals surface area (Å²) >= 11 is 1.75. The van der Waals surface area contributed by atoms with Crippen LogP contribution < -0.4 is 0 Å². The number of hydrogen-bond donors (Lipinski definition) is 0. The van der Waals surface area contributed by atoms with Crippen LogP contribution in [0.1, 0.15) is 48.0 Å². The second kappa shape index (κ2) is 12.7. The summed E-state index contributed by atoms with van der Waals surface area (Å²) in [6.07, 6.45) is 1.12. The van der Waals surface area contributed by atoms with Gasteiger partial charge in [0.25, 0.3) is 0 Å². The van der Waals surface area contributed by atoms with E-state index in [0.717, 1.165) is 6.42 Å². The highest BCUT2D eigenvalue weighted by Gasteiger charge is 2.49. The predicted octanol–water partition coefficient (Wildman–Crippen LogP) is 5.72. The van der Waals surface area contributed by atoms with Crippen molar-refractivity contribution in [3.63, 3.8) is 0 Å². The summed E-state index contributed by atoms with van der Waals surface area (Å²) in [5, 5.41) is 1.93. The maximum absolute atomic E-state index is 6.13. The Morgan fingerprint density at radius 2 is 1.30 bits per heavy atom. The molecule has 0 amide bonds. The van der Waals surface area contributed by atoms with Gasteiger partial charge in [-0.15, -0.1) is 11.8 Å². The zero-order valence-electron chi connectivity index (χ0n) is 16.2. The first-order valence-corrected chi connectivity index (χ1v) is 14.8. The molecule has 0 fully saturated rings. The fourth-order valence-electron chi connectivity index (χ4n) is 3.17. The summed E-state index contributed by atoms with van der Waals surface area (Å²) in [5.74, 6) is 0. The van der Waals surface area contributed by atoms with Gasteiger partial charge in [-0.3, -0.25) is 0 Å². The molecule has 0 aromatic heterocycles. The Labute approximate surface area is 150 Å². The lowest BCUT2D eigenvalue weighted by atomic mass is 10.6. The second-order valence-electron chi connectivity index (χ2n) is 5.79. The van der Waals surface area contributed by atoms with Crippen LogP contribution in [-0.4, -0.2) is 41.6 Å². The second-order valence-corrected chi connectivity index (χ2v) is 15.8. The lowest BCUT2D eigenvalue weighted by Gasteiger charge is -2.36. The molecule has 0 spiro atoms. The lowest BCUT2D eigenvalue weighted by Crippen LogP contribution is -2.55. The minimum atomic E-state index is -2.67. The lowest BCUT2D eigenvalue weighted by molar-refractivity contribution is 0.0692. The van der Waals surface area contributed by atoms with Crippen LogP contribution in [0.25, 0.3) is 0 Å². The van der Waals surface area contributed by atoms with Gasteiger partial charge in [0.05, 0.1) is 12.9 Å². The van der Waals surface area contributed by atoms with Crippen LogP contribution in [0.2, 0.25) is 24.2 Å². The van der Waals surface area contributed by atoms with Crippen molar-refractivity contribution in [3.8, 4) is 0 Å². The van der Waals surface area contributed by atoms with E-state index in [1.165, 1.54) is 24.2 Å². The maximum Gasteiger partial charge on any atom is 0.514 e. The van der Waals surface area contributed by atoms with Gasteiger partial charge in [-0.1, -0.05) is 51.5 Å². The Morgan fingerprint density at radius 1 is 0.870 bits per heavy atom. The molecule has 0 heterocycles. The largest absolute Gasteiger partial charge is 0.514 e. The first-order valence-electron chi connectivity index (χ1n) is 9.21. The van der Waals surface area contributed by atoms with Crippen LogP contribution in [0.3, 0.4) is 0 Å². The highest BCUT2D eigenvalue weighted by atomic mass is 32.2. The zero-order chi connectivity index (χ0) is 17.8. The van der Waals surface area contributed by atoms with Gasteiger partial charge in [0.2, 0.25) is 0 Å². The monoisotopic (exact) mass is 378 g/mol. The van der Waals surface area contributed by atoms with E-state index in [4.69, 9.17) is 13.3 Å². The first kappa shape index (κ1) is 23.4. The van der Waals surface area contributed by atoms with Crippen molar-refractivity contribution in [2.75, 3.05) is 19.8 Å². The molecule has 0 aliphatic carbocycles. The Balaban J connectivity index is 5.30. The Hall–Kier alpha value is 0.404. The average molecular weight is 379 g/mol. The minimum absolute atomic E-state index is 0.261. The molecule has 0 aliphatic rings. The molecular formula is C17H38O3SSi2. The molecule has 0 aromatic carbocycles. The van der Waals surface area contributed by atoms with Crippen molar-refractivity contribution in [1.29, 1.82) is 0 Å². The molecule has 3 nitrogen and oxygen atoms in total. The Bertz CT molecular complexity index is 287. The predicted molar refractivity (Wildman–Crippen MR) is 109 cm³/mol. The van der Waals surface area contributed by atoms with Crippen LogP contribution >= 0.6 is 11.8 Å². The molecule has 0 saturated carbocycles. The molecule has 1 atom stereocenters. The van der Waals surface area contributed by atoms with Crippen LogP contribution in [-0.2, 0) is 13.3 Å². The normalized spacial score (nSPS) is 14.0. The molecule has 138 valence electrons. The summed E-state index contributed by atoms with van der Waals surface area (Å²) in [5.41, 5.74) is 0. The molecule has 0 rings (SSSR count). The smallest absolute Gasteiger partial charge is 0.373 e. The van der Waals surface area contributed by atoms with E-state index in [2.05, 4.69) is 27.4 Å². The van der Waals surface area contributed by atoms with Gasteiger partial charge in [-0.25, -0.2) is 0 Å². The van der Waals surface area contributed by atoms with Gasteiger partial charge in [-0.2, -0.15) is 0 Å². The molecule has 23 heavy (non-hydrogen) atoms. The first-order chi connectivity index (χ1) is 11.0. The molecule has 0 saturated heterocycles. The van der Waals surface area contributed by atoms with Crippen LogP contribution in [0.4, 0.5) is 0 Å². The molecule has 0 aliphatic heterocycles. The van der Waals surface area contributed by atoms with Crippen molar-refractivity contribution in [1.82, 2.24) is 0 Å². The maximum atomic E-state index is 6.13. The summed E-state index contributed by atoms with van der Waals surface area (Å²) in [6, 6.07) is 5.40. The average Bonchev–Trinajstić information content (AvgIpc) is 2.56. The third kappa shape index (κ3) is 7.04. The molecule has 0 radical (unpaired) electrons. The van der Waals surface area contributed by atoms with E-state index in [-0.39, 0.29) is 4.87 Å². The Kier molecular flexibility index (Phi) is 12.9. The fourth-order valence-corrected chi connectivity index (χ4v) is 11.7. The zero-order valence-corrected chi connectivity index (χ0v) is 19.0.